The van der Waals surface area contributed by atoms with Gasteiger partial charge in [-0.3, -0.25) is 9.59 Å². The average Bonchev–Trinajstić information content (AvgIpc) is 3.21. The predicted molar refractivity (Wildman–Crippen MR) is 94.3 cm³/mol. The lowest BCUT2D eigenvalue weighted by atomic mass is 10.0. The average molecular weight is 337 g/mol. The van der Waals surface area contributed by atoms with E-state index in [0.29, 0.717) is 18.6 Å². The normalized spacial score (nSPS) is 20.2. The Labute approximate surface area is 144 Å². The molecule has 0 aliphatic heterocycles. The maximum absolute atomic E-state index is 12.3. The van der Waals surface area contributed by atoms with Gasteiger partial charge in [-0.1, -0.05) is 36.8 Å². The lowest BCUT2D eigenvalue weighted by molar-refractivity contribution is -0.142. The number of carbonyl (C=O) groups is 2. The topological polar surface area (TPSA) is 79.5 Å². The molecular formula is C20H19NO4. The smallest absolute Gasteiger partial charge is 0.308 e. The SMILES string of the molecule is O=C(Cc1cc2c(ccc3ccccc32)o1)N[C@H]1CCC[C@H]1C(=O)O. The van der Waals surface area contributed by atoms with Gasteiger partial charge in [-0.25, -0.2) is 0 Å². The van der Waals surface area contributed by atoms with Crippen molar-refractivity contribution in [2.24, 2.45) is 5.92 Å². The molecule has 0 saturated heterocycles. The molecule has 1 fully saturated rings. The maximum Gasteiger partial charge on any atom is 0.308 e. The number of furan rings is 1. The highest BCUT2D eigenvalue weighted by molar-refractivity contribution is 6.06. The number of amides is 1. The van der Waals surface area contributed by atoms with Gasteiger partial charge in [0.2, 0.25) is 5.91 Å². The molecule has 2 aromatic carbocycles. The van der Waals surface area contributed by atoms with E-state index in [1.54, 1.807) is 0 Å². The van der Waals surface area contributed by atoms with Crippen molar-refractivity contribution in [3.05, 3.63) is 48.2 Å². The van der Waals surface area contributed by atoms with Crippen LogP contribution in [0, 0.1) is 5.92 Å². The molecule has 1 aromatic heterocycles. The fourth-order valence-corrected chi connectivity index (χ4v) is 3.78. The van der Waals surface area contributed by atoms with Crippen LogP contribution in [0.3, 0.4) is 0 Å². The Morgan fingerprint density at radius 2 is 1.96 bits per heavy atom. The highest BCUT2D eigenvalue weighted by atomic mass is 16.4. The number of nitrogens with one attached hydrogen (secondary N) is 1. The van der Waals surface area contributed by atoms with Crippen molar-refractivity contribution in [1.29, 1.82) is 0 Å². The van der Waals surface area contributed by atoms with E-state index in [1.165, 1.54) is 0 Å². The van der Waals surface area contributed by atoms with Crippen molar-refractivity contribution >= 4 is 33.6 Å². The van der Waals surface area contributed by atoms with Crippen LogP contribution < -0.4 is 5.32 Å². The van der Waals surface area contributed by atoms with Crippen LogP contribution >= 0.6 is 0 Å². The molecule has 25 heavy (non-hydrogen) atoms. The highest BCUT2D eigenvalue weighted by Crippen LogP contribution is 2.29. The number of aliphatic carboxylic acids is 1. The van der Waals surface area contributed by atoms with E-state index < -0.39 is 11.9 Å². The summed E-state index contributed by atoms with van der Waals surface area (Å²) in [7, 11) is 0. The third-order valence-electron chi connectivity index (χ3n) is 4.99. The first kappa shape index (κ1) is 15.7. The second-order valence-electron chi connectivity index (χ2n) is 6.64. The molecule has 1 heterocycles. The van der Waals surface area contributed by atoms with Crippen LogP contribution in [0.5, 0.6) is 0 Å². The van der Waals surface area contributed by atoms with Crippen LogP contribution in [0.2, 0.25) is 0 Å². The molecule has 1 aliphatic rings. The predicted octanol–water partition coefficient (Wildman–Crippen LogP) is 3.50. The minimum Gasteiger partial charge on any atom is -0.481 e. The molecule has 128 valence electrons. The van der Waals surface area contributed by atoms with Crippen molar-refractivity contribution in [2.75, 3.05) is 0 Å². The molecule has 1 amide bonds. The summed E-state index contributed by atoms with van der Waals surface area (Å²) >= 11 is 0. The molecule has 5 heteroatoms. The third kappa shape index (κ3) is 2.97. The lowest BCUT2D eigenvalue weighted by Gasteiger charge is -2.17. The summed E-state index contributed by atoms with van der Waals surface area (Å²) in [4.78, 5) is 23.5. The zero-order chi connectivity index (χ0) is 17.4. The monoisotopic (exact) mass is 337 g/mol. The van der Waals surface area contributed by atoms with Crippen LogP contribution in [-0.2, 0) is 16.0 Å². The Bertz CT molecular complexity index is 959. The minimum absolute atomic E-state index is 0.117. The summed E-state index contributed by atoms with van der Waals surface area (Å²) in [5, 5.41) is 15.3. The van der Waals surface area contributed by atoms with Crippen LogP contribution in [-0.4, -0.2) is 23.0 Å². The second-order valence-corrected chi connectivity index (χ2v) is 6.64. The lowest BCUT2D eigenvalue weighted by Crippen LogP contribution is -2.40. The van der Waals surface area contributed by atoms with Crippen molar-refractivity contribution in [1.82, 2.24) is 5.32 Å². The summed E-state index contributed by atoms with van der Waals surface area (Å²) in [6.07, 6.45) is 2.29. The Morgan fingerprint density at radius 1 is 1.12 bits per heavy atom. The quantitative estimate of drug-likeness (QED) is 0.764. The molecule has 2 atom stereocenters. The van der Waals surface area contributed by atoms with Crippen LogP contribution in [0.1, 0.15) is 25.0 Å². The van der Waals surface area contributed by atoms with E-state index in [4.69, 9.17) is 4.42 Å². The standard InChI is InChI=1S/C20H19NO4/c22-19(21-17-7-3-6-15(17)20(23)24)11-13-10-16-14-5-2-1-4-12(14)8-9-18(16)25-13/h1-2,4-5,8-10,15,17H,3,6-7,11H2,(H,21,22)(H,23,24)/t15-,17+/m1/s1. The van der Waals surface area contributed by atoms with Crippen molar-refractivity contribution in [2.45, 2.75) is 31.7 Å². The van der Waals surface area contributed by atoms with Crippen LogP contribution in [0.4, 0.5) is 0 Å². The van der Waals surface area contributed by atoms with E-state index in [0.717, 1.165) is 28.2 Å². The largest absolute Gasteiger partial charge is 0.481 e. The van der Waals surface area contributed by atoms with Crippen molar-refractivity contribution in [3.63, 3.8) is 0 Å². The van der Waals surface area contributed by atoms with Gasteiger partial charge in [-0.05, 0) is 35.7 Å². The van der Waals surface area contributed by atoms with Gasteiger partial charge in [-0.15, -0.1) is 0 Å². The van der Waals surface area contributed by atoms with Gasteiger partial charge in [0.15, 0.2) is 0 Å². The van der Waals surface area contributed by atoms with E-state index in [9.17, 15) is 14.7 Å². The summed E-state index contributed by atoms with van der Waals surface area (Å²) < 4.78 is 5.81. The molecular weight excluding hydrogens is 318 g/mol. The second kappa shape index (κ2) is 6.24. The van der Waals surface area contributed by atoms with Gasteiger partial charge in [0.1, 0.15) is 11.3 Å². The molecule has 0 spiro atoms. The molecule has 1 saturated carbocycles. The van der Waals surface area contributed by atoms with Gasteiger partial charge >= 0.3 is 5.97 Å². The summed E-state index contributed by atoms with van der Waals surface area (Å²) in [6, 6.07) is 13.6. The number of benzene rings is 2. The molecule has 2 N–H and O–H groups in total. The van der Waals surface area contributed by atoms with Crippen molar-refractivity contribution < 1.29 is 19.1 Å². The Balaban J connectivity index is 1.53. The van der Waals surface area contributed by atoms with Gasteiger partial charge < -0.3 is 14.8 Å². The van der Waals surface area contributed by atoms with Gasteiger partial charge in [0.05, 0.1) is 12.3 Å². The summed E-state index contributed by atoms with van der Waals surface area (Å²) in [5.74, 6) is -0.920. The van der Waals surface area contributed by atoms with E-state index >= 15 is 0 Å². The molecule has 0 radical (unpaired) electrons. The fraction of sp³-hybridized carbons (Fsp3) is 0.300. The zero-order valence-electron chi connectivity index (χ0n) is 13.7. The minimum atomic E-state index is -0.835. The van der Waals surface area contributed by atoms with E-state index in [1.807, 2.05) is 42.5 Å². The number of hydrogen-bond acceptors (Lipinski definition) is 3. The first-order chi connectivity index (χ1) is 12.1. The van der Waals surface area contributed by atoms with Gasteiger partial charge in [0, 0.05) is 11.4 Å². The number of rotatable bonds is 4. The molecule has 1 aliphatic carbocycles. The number of carboxylic acids is 1. The van der Waals surface area contributed by atoms with E-state index in [2.05, 4.69) is 5.32 Å². The van der Waals surface area contributed by atoms with Crippen molar-refractivity contribution in [3.8, 4) is 0 Å². The number of hydrogen-bond donors (Lipinski definition) is 2. The third-order valence-corrected chi connectivity index (χ3v) is 4.99. The molecule has 0 bridgehead atoms. The van der Waals surface area contributed by atoms with E-state index in [-0.39, 0.29) is 18.4 Å². The number of fused-ring (bicyclic) bond motifs is 3. The summed E-state index contributed by atoms with van der Waals surface area (Å²) in [5.41, 5.74) is 0.755. The Hall–Kier alpha value is -2.82. The first-order valence-electron chi connectivity index (χ1n) is 8.54. The van der Waals surface area contributed by atoms with Gasteiger partial charge in [-0.2, -0.15) is 0 Å². The van der Waals surface area contributed by atoms with Crippen LogP contribution in [0.25, 0.3) is 21.7 Å². The number of carboxylic acid groups (broad SMARTS) is 1. The maximum atomic E-state index is 12.3. The fourth-order valence-electron chi connectivity index (χ4n) is 3.78. The van der Waals surface area contributed by atoms with Gasteiger partial charge in [0.25, 0.3) is 0 Å². The number of carbonyl (C=O) groups excluding carboxylic acids is 1. The molecule has 3 aromatic rings. The first-order valence-corrected chi connectivity index (χ1v) is 8.54. The molecule has 4 rings (SSSR count). The zero-order valence-corrected chi connectivity index (χ0v) is 13.7. The Morgan fingerprint density at radius 3 is 2.80 bits per heavy atom. The molecule has 0 unspecified atom stereocenters. The van der Waals surface area contributed by atoms with Crippen LogP contribution in [0.15, 0.2) is 46.9 Å². The summed E-state index contributed by atoms with van der Waals surface area (Å²) in [6.45, 7) is 0. The molecule has 5 nitrogen and oxygen atoms in total. The highest BCUT2D eigenvalue weighted by Gasteiger charge is 2.33. The Kier molecular flexibility index (Phi) is 3.92.